The third-order valence-corrected chi connectivity index (χ3v) is 3.84. The first kappa shape index (κ1) is 20.4. The number of rotatable bonds is 8. The van der Waals surface area contributed by atoms with Crippen LogP contribution in [0.25, 0.3) is 0 Å². The largest absolute Gasteiger partial charge is 0.481 e. The van der Waals surface area contributed by atoms with E-state index in [0.29, 0.717) is 24.7 Å². The van der Waals surface area contributed by atoms with Gasteiger partial charge >= 0.3 is 0 Å². The van der Waals surface area contributed by atoms with Gasteiger partial charge in [0.25, 0.3) is 5.91 Å². The number of hydrogen-bond donors (Lipinski definition) is 1. The molecule has 2 rings (SSSR count). The van der Waals surface area contributed by atoms with Crippen LogP contribution in [0, 0.1) is 18.6 Å². The van der Waals surface area contributed by atoms with Crippen LogP contribution < -0.4 is 10.1 Å². The minimum atomic E-state index is -0.887. The van der Waals surface area contributed by atoms with E-state index in [-0.39, 0.29) is 18.2 Å². The Bertz CT molecular complexity index is 812. The first-order chi connectivity index (χ1) is 12.9. The van der Waals surface area contributed by atoms with Crippen LogP contribution in [0.2, 0.25) is 0 Å². The number of nitrogens with zero attached hydrogens (tertiary/aromatic N) is 1. The monoisotopic (exact) mass is 376 g/mol. The van der Waals surface area contributed by atoms with Crippen molar-refractivity contribution in [2.75, 3.05) is 25.0 Å². The molecule has 2 aromatic carbocycles. The number of carbonyl (C=O) groups excluding carboxylic acids is 2. The minimum absolute atomic E-state index is 0.143. The lowest BCUT2D eigenvalue weighted by molar-refractivity contribution is -0.136. The van der Waals surface area contributed by atoms with Crippen molar-refractivity contribution in [2.24, 2.45) is 0 Å². The summed E-state index contributed by atoms with van der Waals surface area (Å²) in [6, 6.07) is 10.2. The number of para-hydroxylation sites is 1. The van der Waals surface area contributed by atoms with Crippen molar-refractivity contribution in [3.63, 3.8) is 0 Å². The zero-order valence-corrected chi connectivity index (χ0v) is 15.3. The maximum atomic E-state index is 13.6. The second-order valence-corrected chi connectivity index (χ2v) is 6.04. The van der Waals surface area contributed by atoms with Gasteiger partial charge in [-0.15, -0.1) is 0 Å². The summed E-state index contributed by atoms with van der Waals surface area (Å²) in [5.41, 5.74) is 1.59. The first-order valence-electron chi connectivity index (χ1n) is 8.61. The summed E-state index contributed by atoms with van der Waals surface area (Å²) in [5.74, 6) is -2.63. The van der Waals surface area contributed by atoms with Gasteiger partial charge in [-0.25, -0.2) is 8.78 Å². The Morgan fingerprint density at radius 2 is 1.89 bits per heavy atom. The van der Waals surface area contributed by atoms with Crippen LogP contribution in [-0.2, 0) is 9.59 Å². The molecule has 5 nitrogen and oxygen atoms in total. The number of aryl methyl sites for hydroxylation is 1. The van der Waals surface area contributed by atoms with E-state index in [9.17, 15) is 18.4 Å². The van der Waals surface area contributed by atoms with Crippen LogP contribution in [-0.4, -0.2) is 36.4 Å². The molecular weight excluding hydrogens is 354 g/mol. The SMILES string of the molecule is CCCN(CC(=O)Nc1ccccc1C)C(=O)COc1ccc(F)cc1F. The van der Waals surface area contributed by atoms with Gasteiger partial charge in [0, 0.05) is 18.3 Å². The van der Waals surface area contributed by atoms with E-state index >= 15 is 0 Å². The standard InChI is InChI=1S/C20H22F2N2O3/c1-3-10-24(12-19(25)23-17-7-5-4-6-14(17)2)20(26)13-27-18-9-8-15(21)11-16(18)22/h4-9,11H,3,10,12-13H2,1-2H3,(H,23,25). The fraction of sp³-hybridized carbons (Fsp3) is 0.300. The van der Waals surface area contributed by atoms with E-state index in [1.165, 1.54) is 4.90 Å². The summed E-state index contributed by atoms with van der Waals surface area (Å²) in [6.45, 7) is 3.52. The molecule has 2 aromatic rings. The lowest BCUT2D eigenvalue weighted by Gasteiger charge is -2.22. The molecule has 0 aliphatic rings. The van der Waals surface area contributed by atoms with Gasteiger partial charge in [0.1, 0.15) is 5.82 Å². The van der Waals surface area contributed by atoms with Crippen LogP contribution in [0.1, 0.15) is 18.9 Å². The molecule has 0 heterocycles. The molecule has 144 valence electrons. The molecule has 0 saturated carbocycles. The molecule has 2 amide bonds. The molecule has 0 saturated heterocycles. The summed E-state index contributed by atoms with van der Waals surface area (Å²) in [4.78, 5) is 26.0. The van der Waals surface area contributed by atoms with Gasteiger partial charge < -0.3 is 15.0 Å². The van der Waals surface area contributed by atoms with Crippen molar-refractivity contribution in [3.05, 3.63) is 59.7 Å². The van der Waals surface area contributed by atoms with Gasteiger partial charge in [-0.1, -0.05) is 25.1 Å². The Balaban J connectivity index is 1.95. The Hall–Kier alpha value is -2.96. The van der Waals surface area contributed by atoms with Gasteiger partial charge in [-0.2, -0.15) is 0 Å². The van der Waals surface area contributed by atoms with E-state index in [0.717, 1.165) is 17.7 Å². The predicted molar refractivity (Wildman–Crippen MR) is 98.5 cm³/mol. The maximum Gasteiger partial charge on any atom is 0.260 e. The molecule has 1 N–H and O–H groups in total. The summed E-state index contributed by atoms with van der Waals surface area (Å²) >= 11 is 0. The fourth-order valence-corrected chi connectivity index (χ4v) is 2.46. The molecule has 0 unspecified atom stereocenters. The zero-order chi connectivity index (χ0) is 19.8. The quantitative estimate of drug-likeness (QED) is 0.767. The number of halogens is 2. The van der Waals surface area contributed by atoms with Gasteiger partial charge in [0.2, 0.25) is 5.91 Å². The molecule has 0 aromatic heterocycles. The third kappa shape index (κ3) is 6.06. The Morgan fingerprint density at radius 1 is 1.15 bits per heavy atom. The van der Waals surface area contributed by atoms with Crippen molar-refractivity contribution in [2.45, 2.75) is 20.3 Å². The third-order valence-electron chi connectivity index (χ3n) is 3.84. The minimum Gasteiger partial charge on any atom is -0.481 e. The topological polar surface area (TPSA) is 58.6 Å². The Labute approximate surface area is 156 Å². The smallest absolute Gasteiger partial charge is 0.260 e. The molecule has 0 atom stereocenters. The van der Waals surface area contributed by atoms with Crippen LogP contribution in [0.15, 0.2) is 42.5 Å². The molecule has 0 bridgehead atoms. The van der Waals surface area contributed by atoms with Crippen LogP contribution in [0.4, 0.5) is 14.5 Å². The number of carbonyl (C=O) groups is 2. The number of amides is 2. The number of nitrogens with one attached hydrogen (secondary N) is 1. The average Bonchev–Trinajstić information content (AvgIpc) is 2.62. The van der Waals surface area contributed by atoms with E-state index < -0.39 is 24.1 Å². The normalized spacial score (nSPS) is 10.4. The van der Waals surface area contributed by atoms with Crippen molar-refractivity contribution < 1.29 is 23.1 Å². The van der Waals surface area contributed by atoms with Crippen LogP contribution >= 0.6 is 0 Å². The highest BCUT2D eigenvalue weighted by molar-refractivity contribution is 5.95. The molecule has 0 spiro atoms. The van der Waals surface area contributed by atoms with E-state index in [4.69, 9.17) is 4.74 Å². The average molecular weight is 376 g/mol. The van der Waals surface area contributed by atoms with Gasteiger partial charge in [0.05, 0.1) is 6.54 Å². The van der Waals surface area contributed by atoms with Crippen molar-refractivity contribution in [1.29, 1.82) is 0 Å². The highest BCUT2D eigenvalue weighted by Gasteiger charge is 2.18. The number of benzene rings is 2. The van der Waals surface area contributed by atoms with Crippen molar-refractivity contribution in [3.8, 4) is 5.75 Å². The summed E-state index contributed by atoms with van der Waals surface area (Å²) in [6.07, 6.45) is 0.647. The maximum absolute atomic E-state index is 13.6. The molecule has 0 aliphatic carbocycles. The lowest BCUT2D eigenvalue weighted by Crippen LogP contribution is -2.41. The lowest BCUT2D eigenvalue weighted by atomic mass is 10.2. The molecular formula is C20H22F2N2O3. The molecule has 0 aliphatic heterocycles. The summed E-state index contributed by atoms with van der Waals surface area (Å²) in [5, 5.41) is 2.77. The zero-order valence-electron chi connectivity index (χ0n) is 15.3. The van der Waals surface area contributed by atoms with Gasteiger partial charge in [-0.05, 0) is 37.1 Å². The number of hydrogen-bond acceptors (Lipinski definition) is 3. The summed E-state index contributed by atoms with van der Waals surface area (Å²) in [7, 11) is 0. The van der Waals surface area contributed by atoms with Crippen LogP contribution in [0.5, 0.6) is 5.75 Å². The van der Waals surface area contributed by atoms with Gasteiger partial charge in [-0.3, -0.25) is 9.59 Å². The second kappa shape index (κ2) is 9.66. The highest BCUT2D eigenvalue weighted by Crippen LogP contribution is 2.17. The van der Waals surface area contributed by atoms with Crippen molar-refractivity contribution >= 4 is 17.5 Å². The fourth-order valence-electron chi connectivity index (χ4n) is 2.46. The molecule has 0 radical (unpaired) electrons. The highest BCUT2D eigenvalue weighted by atomic mass is 19.1. The summed E-state index contributed by atoms with van der Waals surface area (Å²) < 4.78 is 31.6. The molecule has 7 heteroatoms. The van der Waals surface area contributed by atoms with Crippen LogP contribution in [0.3, 0.4) is 0 Å². The number of ether oxygens (including phenoxy) is 1. The first-order valence-corrected chi connectivity index (χ1v) is 8.61. The Morgan fingerprint density at radius 3 is 2.56 bits per heavy atom. The van der Waals surface area contributed by atoms with E-state index in [1.54, 1.807) is 6.07 Å². The molecule has 27 heavy (non-hydrogen) atoms. The van der Waals surface area contributed by atoms with Gasteiger partial charge in [0.15, 0.2) is 18.2 Å². The van der Waals surface area contributed by atoms with E-state index in [1.807, 2.05) is 32.0 Å². The van der Waals surface area contributed by atoms with E-state index in [2.05, 4.69) is 5.32 Å². The second-order valence-electron chi connectivity index (χ2n) is 6.04. The molecule has 0 fully saturated rings. The Kier molecular flexibility index (Phi) is 7.28. The number of anilines is 1. The predicted octanol–water partition coefficient (Wildman–Crippen LogP) is 3.53. The van der Waals surface area contributed by atoms with Crippen molar-refractivity contribution in [1.82, 2.24) is 4.90 Å².